The first-order valence-corrected chi connectivity index (χ1v) is 7.26. The van der Waals surface area contributed by atoms with E-state index in [1.807, 2.05) is 13.8 Å². The van der Waals surface area contributed by atoms with Crippen molar-refractivity contribution in [3.05, 3.63) is 11.9 Å². The molecule has 1 atom stereocenters. The molecule has 6 heteroatoms. The summed E-state index contributed by atoms with van der Waals surface area (Å²) in [4.78, 5) is 3.94. The molecule has 0 spiro atoms. The largest absolute Gasteiger partial charge is 0.328 e. The van der Waals surface area contributed by atoms with Crippen molar-refractivity contribution in [1.82, 2.24) is 0 Å². The zero-order chi connectivity index (χ0) is 17.5. The zero-order valence-corrected chi connectivity index (χ0v) is 14.2. The van der Waals surface area contributed by atoms with Gasteiger partial charge in [-0.2, -0.15) is 0 Å². The first-order chi connectivity index (χ1) is 9.64. The summed E-state index contributed by atoms with van der Waals surface area (Å²) in [7, 11) is 0. The fraction of sp³-hybridized carbons (Fsp3) is 0.867. The average Bonchev–Trinajstić information content (AvgIpc) is 2.47. The zero-order valence-electron chi connectivity index (χ0n) is 14.2. The fourth-order valence-electron chi connectivity index (χ4n) is 0.952. The molecule has 0 amide bonds. The molecule has 0 aromatic carbocycles. The lowest BCUT2D eigenvalue weighted by atomic mass is 9.96. The van der Waals surface area contributed by atoms with Crippen LogP contribution in [-0.2, 0) is 4.89 Å². The van der Waals surface area contributed by atoms with E-state index in [9.17, 15) is 13.2 Å². The molecule has 0 aliphatic rings. The SMILES string of the molecule is CC.CC(C)(C)OO.CCC(F)(CN)CC/C(F)=C\CF.[HH]. The molecule has 3 nitrogen and oxygen atoms in total. The first-order valence-electron chi connectivity index (χ1n) is 7.26. The highest BCUT2D eigenvalue weighted by atomic mass is 19.1. The Labute approximate surface area is 128 Å². The molecular weight excluding hydrogens is 283 g/mol. The van der Waals surface area contributed by atoms with Gasteiger partial charge in [0.1, 0.15) is 12.3 Å². The van der Waals surface area contributed by atoms with Gasteiger partial charge in [-0.1, -0.05) is 20.8 Å². The molecule has 132 valence electrons. The third-order valence-electron chi connectivity index (χ3n) is 2.38. The van der Waals surface area contributed by atoms with Crippen LogP contribution in [-0.4, -0.2) is 29.7 Å². The minimum Gasteiger partial charge on any atom is -0.328 e. The van der Waals surface area contributed by atoms with E-state index in [0.717, 1.165) is 6.08 Å². The highest BCUT2D eigenvalue weighted by Crippen LogP contribution is 2.23. The summed E-state index contributed by atoms with van der Waals surface area (Å²) < 4.78 is 37.7. The van der Waals surface area contributed by atoms with Crippen LogP contribution in [0.25, 0.3) is 0 Å². The maximum Gasteiger partial charge on any atom is 0.123 e. The summed E-state index contributed by atoms with van der Waals surface area (Å²) in [5.74, 6) is -0.605. The second-order valence-corrected chi connectivity index (χ2v) is 5.22. The number of rotatable bonds is 6. The highest BCUT2D eigenvalue weighted by molar-refractivity contribution is 4.94. The molecule has 0 radical (unpaired) electrons. The van der Waals surface area contributed by atoms with Gasteiger partial charge in [-0.3, -0.25) is 5.26 Å². The van der Waals surface area contributed by atoms with Gasteiger partial charge in [-0.25, -0.2) is 18.1 Å². The summed E-state index contributed by atoms with van der Waals surface area (Å²) in [5, 5.41) is 7.90. The van der Waals surface area contributed by atoms with Crippen molar-refractivity contribution >= 4 is 0 Å². The second kappa shape index (κ2) is 14.4. The molecule has 0 saturated heterocycles. The van der Waals surface area contributed by atoms with Gasteiger partial charge in [-0.15, -0.1) is 0 Å². The van der Waals surface area contributed by atoms with Crippen LogP contribution >= 0.6 is 0 Å². The van der Waals surface area contributed by atoms with Gasteiger partial charge in [0.15, 0.2) is 0 Å². The summed E-state index contributed by atoms with van der Waals surface area (Å²) in [6.07, 6.45) is 1.01. The van der Waals surface area contributed by atoms with Crippen molar-refractivity contribution in [3.8, 4) is 0 Å². The summed E-state index contributed by atoms with van der Waals surface area (Å²) in [5.41, 5.74) is 3.27. The van der Waals surface area contributed by atoms with E-state index in [0.29, 0.717) is 0 Å². The normalized spacial score (nSPS) is 14.3. The molecule has 0 saturated carbocycles. The van der Waals surface area contributed by atoms with Crippen molar-refractivity contribution in [2.75, 3.05) is 13.2 Å². The Morgan fingerprint density at radius 1 is 1.33 bits per heavy atom. The van der Waals surface area contributed by atoms with Gasteiger partial charge in [0, 0.05) is 14.4 Å². The Morgan fingerprint density at radius 2 is 1.76 bits per heavy atom. The van der Waals surface area contributed by atoms with E-state index in [1.54, 1.807) is 27.7 Å². The Balaban J connectivity index is -0.000000153. The van der Waals surface area contributed by atoms with Gasteiger partial charge < -0.3 is 5.73 Å². The van der Waals surface area contributed by atoms with Gasteiger partial charge in [0.25, 0.3) is 0 Å². The number of alkyl halides is 2. The highest BCUT2D eigenvalue weighted by Gasteiger charge is 2.25. The minimum absolute atomic E-state index is 0. The van der Waals surface area contributed by atoms with Crippen LogP contribution in [0.2, 0.25) is 0 Å². The van der Waals surface area contributed by atoms with Crippen molar-refractivity contribution < 1.29 is 24.7 Å². The van der Waals surface area contributed by atoms with E-state index in [2.05, 4.69) is 4.89 Å². The van der Waals surface area contributed by atoms with E-state index >= 15 is 0 Å². The molecule has 0 rings (SSSR count). The van der Waals surface area contributed by atoms with E-state index in [1.165, 1.54) is 0 Å². The van der Waals surface area contributed by atoms with E-state index in [4.69, 9.17) is 11.0 Å². The van der Waals surface area contributed by atoms with Crippen molar-refractivity contribution in [2.24, 2.45) is 5.73 Å². The van der Waals surface area contributed by atoms with E-state index < -0.39 is 23.8 Å². The number of hydrogen-bond donors (Lipinski definition) is 2. The second-order valence-electron chi connectivity index (χ2n) is 5.22. The quantitative estimate of drug-likeness (QED) is 0.522. The van der Waals surface area contributed by atoms with Crippen LogP contribution < -0.4 is 5.73 Å². The lowest BCUT2D eigenvalue weighted by Crippen LogP contribution is -2.32. The molecular formula is C15H34F3NO2. The number of allylic oxidation sites excluding steroid dienone is 2. The lowest BCUT2D eigenvalue weighted by molar-refractivity contribution is -0.306. The number of halogens is 3. The third kappa shape index (κ3) is 19.4. The van der Waals surface area contributed by atoms with Gasteiger partial charge in [0.2, 0.25) is 0 Å². The molecule has 3 N–H and O–H groups in total. The van der Waals surface area contributed by atoms with Crippen molar-refractivity contribution in [3.63, 3.8) is 0 Å². The maximum atomic E-state index is 13.4. The Hall–Kier alpha value is -0.590. The van der Waals surface area contributed by atoms with Crippen molar-refractivity contribution in [1.29, 1.82) is 0 Å². The van der Waals surface area contributed by atoms with Crippen LogP contribution in [0.3, 0.4) is 0 Å². The average molecular weight is 317 g/mol. The monoisotopic (exact) mass is 317 g/mol. The Kier molecular flexibility index (Phi) is 17.3. The van der Waals surface area contributed by atoms with E-state index in [-0.39, 0.29) is 27.2 Å². The van der Waals surface area contributed by atoms with Gasteiger partial charge >= 0.3 is 0 Å². The summed E-state index contributed by atoms with van der Waals surface area (Å²) >= 11 is 0. The van der Waals surface area contributed by atoms with Crippen LogP contribution in [0.1, 0.15) is 62.2 Å². The third-order valence-corrected chi connectivity index (χ3v) is 2.38. The number of nitrogens with two attached hydrogens (primary N) is 1. The molecule has 0 aromatic heterocycles. The molecule has 0 aliphatic heterocycles. The predicted octanol–water partition coefficient (Wildman–Crippen LogP) is 5.21. The van der Waals surface area contributed by atoms with Crippen molar-refractivity contribution in [2.45, 2.75) is 72.1 Å². The lowest BCUT2D eigenvalue weighted by Gasteiger charge is -2.20. The molecule has 0 heterocycles. The fourth-order valence-corrected chi connectivity index (χ4v) is 0.952. The standard InChI is InChI=1S/C9H16F3N.C4H10O2.C2H6.H2/c1-2-9(12,7-13)5-3-8(11)4-6-10;1-4(2,3)6-5;1-2;/h4H,2-3,5-7,13H2,1H3;5H,1-3H3;1-2H3;1H/b8-4+;;;. The van der Waals surface area contributed by atoms with Crippen LogP contribution in [0.15, 0.2) is 11.9 Å². The topological polar surface area (TPSA) is 55.5 Å². The molecule has 1 unspecified atom stereocenters. The minimum atomic E-state index is -1.51. The van der Waals surface area contributed by atoms with Crippen LogP contribution in [0, 0.1) is 0 Å². The first kappa shape index (κ1) is 25.4. The summed E-state index contributed by atoms with van der Waals surface area (Å²) in [6, 6.07) is 0. The Bertz CT molecular complexity index is 256. The van der Waals surface area contributed by atoms with Gasteiger partial charge in [0.05, 0.1) is 11.4 Å². The van der Waals surface area contributed by atoms with Crippen LogP contribution in [0.5, 0.6) is 0 Å². The molecule has 0 fully saturated rings. The molecule has 0 bridgehead atoms. The Morgan fingerprint density at radius 3 is 2.00 bits per heavy atom. The molecule has 0 aliphatic carbocycles. The smallest absolute Gasteiger partial charge is 0.123 e. The number of hydrogen-bond acceptors (Lipinski definition) is 3. The summed E-state index contributed by atoms with van der Waals surface area (Å²) in [6.45, 7) is 10.0. The molecule has 0 aromatic rings. The van der Waals surface area contributed by atoms with Crippen LogP contribution in [0.4, 0.5) is 13.2 Å². The maximum absolute atomic E-state index is 13.4. The predicted molar refractivity (Wildman–Crippen MR) is 84.5 cm³/mol. The molecule has 21 heavy (non-hydrogen) atoms. The van der Waals surface area contributed by atoms with Gasteiger partial charge in [-0.05, 0) is 39.7 Å².